The van der Waals surface area contributed by atoms with Crippen LogP contribution in [0.25, 0.3) is 5.65 Å². The van der Waals surface area contributed by atoms with Gasteiger partial charge in [-0.3, -0.25) is 9.20 Å². The molecule has 0 saturated carbocycles. The van der Waals surface area contributed by atoms with E-state index in [1.54, 1.807) is 31.4 Å². The summed E-state index contributed by atoms with van der Waals surface area (Å²) in [7, 11) is 0. The van der Waals surface area contributed by atoms with Crippen molar-refractivity contribution in [2.24, 2.45) is 0 Å². The zero-order valence-electron chi connectivity index (χ0n) is 11.6. The van der Waals surface area contributed by atoms with E-state index in [0.29, 0.717) is 18.8 Å². The maximum absolute atomic E-state index is 11.5. The number of H-pyrrole nitrogens is 1. The largest absolute Gasteiger partial charge is 0.444 e. The zero-order chi connectivity index (χ0) is 14.8. The molecule has 0 radical (unpaired) electrons. The van der Waals surface area contributed by atoms with Gasteiger partial charge >= 0.3 is 6.09 Å². The van der Waals surface area contributed by atoms with Crippen LogP contribution in [0.4, 0.5) is 4.79 Å². The molecule has 0 spiro atoms. The number of fused-ring (bicyclic) bond motifs is 1. The fraction of sp³-hybridized carbons (Fsp3) is 0.500. The van der Waals surface area contributed by atoms with Gasteiger partial charge in [-0.15, -0.1) is 10.2 Å². The molecular formula is C12H17N5O3. The van der Waals surface area contributed by atoms with E-state index in [1.165, 1.54) is 6.20 Å². The van der Waals surface area contributed by atoms with Crippen LogP contribution < -0.4 is 10.9 Å². The number of ether oxygens (including phenoxy) is 1. The molecule has 0 aromatic carbocycles. The van der Waals surface area contributed by atoms with E-state index < -0.39 is 11.7 Å². The number of nitrogens with one attached hydrogen (secondary N) is 2. The van der Waals surface area contributed by atoms with Crippen LogP contribution in [0.1, 0.15) is 26.6 Å². The predicted molar refractivity (Wildman–Crippen MR) is 71.5 cm³/mol. The Balaban J connectivity index is 1.95. The van der Waals surface area contributed by atoms with Crippen molar-refractivity contribution in [1.29, 1.82) is 0 Å². The molecule has 0 aliphatic rings. The Morgan fingerprint density at radius 1 is 1.45 bits per heavy atom. The smallest absolute Gasteiger partial charge is 0.407 e. The Morgan fingerprint density at radius 2 is 2.20 bits per heavy atom. The standard InChI is InChI=1S/C12H17N5O3/c1-12(2,3)20-11(19)14-5-4-8-15-16-9-10(18)13-6-7-17(8)9/h6-7H,4-5H2,1-3H3,(H,13,18)(H,14,19). The second-order valence-electron chi connectivity index (χ2n) is 5.28. The Bertz CT molecular complexity index is 668. The van der Waals surface area contributed by atoms with Gasteiger partial charge in [-0.05, 0) is 20.8 Å². The van der Waals surface area contributed by atoms with Crippen molar-refractivity contribution in [2.75, 3.05) is 6.54 Å². The van der Waals surface area contributed by atoms with Crippen molar-refractivity contribution < 1.29 is 9.53 Å². The monoisotopic (exact) mass is 279 g/mol. The van der Waals surface area contributed by atoms with Crippen LogP contribution >= 0.6 is 0 Å². The third kappa shape index (κ3) is 3.34. The highest BCUT2D eigenvalue weighted by Gasteiger charge is 2.16. The highest BCUT2D eigenvalue weighted by molar-refractivity contribution is 5.67. The first-order valence-corrected chi connectivity index (χ1v) is 6.25. The molecule has 0 aliphatic heterocycles. The summed E-state index contributed by atoms with van der Waals surface area (Å²) in [5.41, 5.74) is -0.593. The average Bonchev–Trinajstić information content (AvgIpc) is 2.72. The zero-order valence-corrected chi connectivity index (χ0v) is 11.6. The Labute approximate surface area is 115 Å². The lowest BCUT2D eigenvalue weighted by Crippen LogP contribution is -2.33. The van der Waals surface area contributed by atoms with Crippen molar-refractivity contribution in [3.05, 3.63) is 28.6 Å². The van der Waals surface area contributed by atoms with Gasteiger partial charge in [0, 0.05) is 25.4 Å². The van der Waals surface area contributed by atoms with Gasteiger partial charge in [0.15, 0.2) is 0 Å². The summed E-state index contributed by atoms with van der Waals surface area (Å²) < 4.78 is 6.71. The van der Waals surface area contributed by atoms with Crippen molar-refractivity contribution in [3.63, 3.8) is 0 Å². The number of nitrogens with zero attached hydrogens (tertiary/aromatic N) is 3. The summed E-state index contributed by atoms with van der Waals surface area (Å²) in [6.45, 7) is 5.74. The van der Waals surface area contributed by atoms with Crippen LogP contribution in [-0.2, 0) is 11.2 Å². The summed E-state index contributed by atoms with van der Waals surface area (Å²) in [5, 5.41) is 10.4. The summed E-state index contributed by atoms with van der Waals surface area (Å²) in [6.07, 6.45) is 3.15. The molecule has 0 unspecified atom stereocenters. The SMILES string of the molecule is CC(C)(C)OC(=O)NCCc1nnc2c(=O)[nH]ccn12. The van der Waals surface area contributed by atoms with E-state index in [4.69, 9.17) is 4.74 Å². The van der Waals surface area contributed by atoms with Crippen LogP contribution in [0, 0.1) is 0 Å². The summed E-state index contributed by atoms with van der Waals surface area (Å²) >= 11 is 0. The van der Waals surface area contributed by atoms with E-state index in [9.17, 15) is 9.59 Å². The van der Waals surface area contributed by atoms with Crippen molar-refractivity contribution in [2.45, 2.75) is 32.8 Å². The minimum absolute atomic E-state index is 0.236. The number of hydrogen-bond donors (Lipinski definition) is 2. The molecule has 8 heteroatoms. The maximum Gasteiger partial charge on any atom is 0.407 e. The molecule has 0 saturated heterocycles. The quantitative estimate of drug-likeness (QED) is 0.851. The molecule has 1 amide bonds. The highest BCUT2D eigenvalue weighted by atomic mass is 16.6. The van der Waals surface area contributed by atoms with Gasteiger partial charge in [0.2, 0.25) is 5.65 Å². The number of amides is 1. The minimum atomic E-state index is -0.529. The normalized spacial score (nSPS) is 11.6. The van der Waals surface area contributed by atoms with Crippen LogP contribution in [0.2, 0.25) is 0 Å². The number of aromatic nitrogens is 4. The van der Waals surface area contributed by atoms with E-state index in [2.05, 4.69) is 20.5 Å². The molecule has 20 heavy (non-hydrogen) atoms. The molecule has 2 aromatic rings. The summed E-state index contributed by atoms with van der Waals surface area (Å²) in [4.78, 5) is 25.5. The maximum atomic E-state index is 11.5. The molecule has 2 rings (SSSR count). The van der Waals surface area contributed by atoms with E-state index in [0.717, 1.165) is 0 Å². The third-order valence-electron chi connectivity index (χ3n) is 2.42. The molecule has 0 bridgehead atoms. The third-order valence-corrected chi connectivity index (χ3v) is 2.42. The van der Waals surface area contributed by atoms with Crippen LogP contribution in [0.15, 0.2) is 17.2 Å². The molecule has 0 aliphatic carbocycles. The fourth-order valence-electron chi connectivity index (χ4n) is 1.65. The fourth-order valence-corrected chi connectivity index (χ4v) is 1.65. The van der Waals surface area contributed by atoms with Gasteiger partial charge < -0.3 is 15.0 Å². The first-order valence-electron chi connectivity index (χ1n) is 6.25. The summed E-state index contributed by atoms with van der Waals surface area (Å²) in [5.74, 6) is 0.599. The van der Waals surface area contributed by atoms with E-state index >= 15 is 0 Å². The lowest BCUT2D eigenvalue weighted by atomic mass is 10.2. The van der Waals surface area contributed by atoms with Crippen LogP contribution in [0.5, 0.6) is 0 Å². The molecular weight excluding hydrogens is 262 g/mol. The lowest BCUT2D eigenvalue weighted by molar-refractivity contribution is 0.0528. The van der Waals surface area contributed by atoms with Gasteiger partial charge in [-0.1, -0.05) is 0 Å². The molecule has 108 valence electrons. The second-order valence-corrected chi connectivity index (χ2v) is 5.28. The summed E-state index contributed by atoms with van der Waals surface area (Å²) in [6, 6.07) is 0. The number of aromatic amines is 1. The number of alkyl carbamates (subject to hydrolysis) is 1. The molecule has 0 fully saturated rings. The topological polar surface area (TPSA) is 101 Å². The van der Waals surface area contributed by atoms with Crippen molar-refractivity contribution in [1.82, 2.24) is 24.9 Å². The van der Waals surface area contributed by atoms with Gasteiger partial charge in [0.05, 0.1) is 0 Å². The lowest BCUT2D eigenvalue weighted by Gasteiger charge is -2.19. The Hall–Kier alpha value is -2.38. The first-order chi connectivity index (χ1) is 9.37. The number of rotatable bonds is 3. The second kappa shape index (κ2) is 5.32. The van der Waals surface area contributed by atoms with Gasteiger partial charge in [-0.2, -0.15) is 0 Å². The van der Waals surface area contributed by atoms with Gasteiger partial charge in [-0.25, -0.2) is 4.79 Å². The van der Waals surface area contributed by atoms with Crippen molar-refractivity contribution >= 4 is 11.7 Å². The van der Waals surface area contributed by atoms with Crippen LogP contribution in [0.3, 0.4) is 0 Å². The molecule has 8 nitrogen and oxygen atoms in total. The Morgan fingerprint density at radius 3 is 2.90 bits per heavy atom. The van der Waals surface area contributed by atoms with Crippen molar-refractivity contribution in [3.8, 4) is 0 Å². The predicted octanol–water partition coefficient (Wildman–Crippen LogP) is 0.485. The minimum Gasteiger partial charge on any atom is -0.444 e. The van der Waals surface area contributed by atoms with Gasteiger partial charge in [0.1, 0.15) is 11.4 Å². The highest BCUT2D eigenvalue weighted by Crippen LogP contribution is 2.06. The number of hydrogen-bond acceptors (Lipinski definition) is 5. The first kappa shape index (κ1) is 14.0. The van der Waals surface area contributed by atoms with E-state index in [1.807, 2.05) is 0 Å². The number of carbonyl (C=O) groups excluding carboxylic acids is 1. The molecule has 2 heterocycles. The van der Waals surface area contributed by atoms with Crippen LogP contribution in [-0.4, -0.2) is 37.8 Å². The number of carbonyl (C=O) groups is 1. The molecule has 2 aromatic heterocycles. The Kier molecular flexibility index (Phi) is 3.73. The molecule has 2 N–H and O–H groups in total. The average molecular weight is 279 g/mol. The van der Waals surface area contributed by atoms with Gasteiger partial charge in [0.25, 0.3) is 5.56 Å². The molecule has 0 atom stereocenters. The van der Waals surface area contributed by atoms with E-state index in [-0.39, 0.29) is 11.2 Å².